The Kier molecular flexibility index (Phi) is 6.76. The van der Waals surface area contributed by atoms with E-state index in [1.54, 1.807) is 30.5 Å². The van der Waals surface area contributed by atoms with E-state index < -0.39 is 11.7 Å². The maximum atomic E-state index is 12.6. The molecule has 0 aliphatic carbocycles. The van der Waals surface area contributed by atoms with Gasteiger partial charge in [-0.2, -0.15) is 13.2 Å². The molecule has 1 heterocycles. The molecule has 2 rings (SSSR count). The lowest BCUT2D eigenvalue weighted by Gasteiger charge is -2.11. The summed E-state index contributed by atoms with van der Waals surface area (Å²) >= 11 is 0. The van der Waals surface area contributed by atoms with Crippen molar-refractivity contribution < 1.29 is 18.0 Å². The molecule has 0 aliphatic heterocycles. The first-order chi connectivity index (χ1) is 12.0. The van der Waals surface area contributed by atoms with Crippen molar-refractivity contribution in [1.29, 1.82) is 0 Å². The first kappa shape index (κ1) is 18.7. The minimum atomic E-state index is -4.35. The summed E-state index contributed by atoms with van der Waals surface area (Å²) in [5.74, 6) is -0.246. The molecule has 0 radical (unpaired) electrons. The van der Waals surface area contributed by atoms with E-state index >= 15 is 0 Å². The van der Waals surface area contributed by atoms with Crippen LogP contribution in [0.3, 0.4) is 0 Å². The van der Waals surface area contributed by atoms with Gasteiger partial charge in [-0.3, -0.25) is 9.78 Å². The fraction of sp³-hybridized carbons (Fsp3) is 0.294. The third-order valence-electron chi connectivity index (χ3n) is 3.31. The van der Waals surface area contributed by atoms with Gasteiger partial charge in [0.2, 0.25) is 0 Å². The van der Waals surface area contributed by atoms with Crippen LogP contribution in [-0.4, -0.2) is 37.1 Å². The van der Waals surface area contributed by atoms with Crippen molar-refractivity contribution in [3.8, 4) is 0 Å². The summed E-state index contributed by atoms with van der Waals surface area (Å²) in [6.45, 7) is 1.99. The maximum absolute atomic E-state index is 12.6. The first-order valence-corrected chi connectivity index (χ1v) is 7.78. The molecule has 3 N–H and O–H groups in total. The van der Waals surface area contributed by atoms with Crippen LogP contribution in [0.15, 0.2) is 48.7 Å². The van der Waals surface area contributed by atoms with Gasteiger partial charge in [0.1, 0.15) is 5.69 Å². The third-order valence-corrected chi connectivity index (χ3v) is 3.31. The Hall–Kier alpha value is -2.61. The molecular weight excluding hydrogens is 333 g/mol. The van der Waals surface area contributed by atoms with E-state index in [9.17, 15) is 18.0 Å². The van der Waals surface area contributed by atoms with Crippen molar-refractivity contribution in [2.75, 3.05) is 31.5 Å². The predicted molar refractivity (Wildman–Crippen MR) is 89.4 cm³/mol. The van der Waals surface area contributed by atoms with Gasteiger partial charge >= 0.3 is 6.18 Å². The van der Waals surface area contributed by atoms with Crippen LogP contribution in [0, 0.1) is 0 Å². The Labute approximate surface area is 143 Å². The van der Waals surface area contributed by atoms with E-state index in [0.29, 0.717) is 37.6 Å². The Balaban J connectivity index is 1.60. The zero-order chi connectivity index (χ0) is 18.1. The molecule has 0 atom stereocenters. The molecule has 0 fully saturated rings. The minimum Gasteiger partial charge on any atom is -0.384 e. The molecule has 0 spiro atoms. The second-order valence-electron chi connectivity index (χ2n) is 5.23. The van der Waals surface area contributed by atoms with Gasteiger partial charge in [0.05, 0.1) is 5.56 Å². The van der Waals surface area contributed by atoms with Crippen molar-refractivity contribution in [2.24, 2.45) is 0 Å². The van der Waals surface area contributed by atoms with Gasteiger partial charge in [-0.25, -0.2) is 0 Å². The van der Waals surface area contributed by atoms with Crippen molar-refractivity contribution in [3.05, 3.63) is 59.9 Å². The molecule has 8 heteroatoms. The van der Waals surface area contributed by atoms with Crippen LogP contribution in [0.1, 0.15) is 16.1 Å². The number of aromatic nitrogens is 1. The lowest BCUT2D eigenvalue weighted by molar-refractivity contribution is -0.137. The average molecular weight is 352 g/mol. The van der Waals surface area contributed by atoms with Gasteiger partial charge in [-0.1, -0.05) is 12.1 Å². The van der Waals surface area contributed by atoms with E-state index in [4.69, 9.17) is 0 Å². The number of pyridine rings is 1. The second-order valence-corrected chi connectivity index (χ2v) is 5.23. The highest BCUT2D eigenvalue weighted by Crippen LogP contribution is 2.30. The van der Waals surface area contributed by atoms with Gasteiger partial charge < -0.3 is 16.0 Å². The SMILES string of the molecule is O=C(NCCNCCNc1cccc(C(F)(F)F)c1)c1ccccn1. The zero-order valence-corrected chi connectivity index (χ0v) is 13.4. The summed E-state index contributed by atoms with van der Waals surface area (Å²) in [4.78, 5) is 15.7. The van der Waals surface area contributed by atoms with Crippen LogP contribution in [0.2, 0.25) is 0 Å². The quantitative estimate of drug-likeness (QED) is 0.639. The zero-order valence-electron chi connectivity index (χ0n) is 13.4. The fourth-order valence-corrected chi connectivity index (χ4v) is 2.08. The molecule has 1 aromatic carbocycles. The molecule has 0 unspecified atom stereocenters. The van der Waals surface area contributed by atoms with Crippen LogP contribution in [0.4, 0.5) is 18.9 Å². The Morgan fingerprint density at radius 2 is 1.80 bits per heavy atom. The van der Waals surface area contributed by atoms with E-state index in [-0.39, 0.29) is 5.91 Å². The standard InChI is InChI=1S/C17H19F3N4O/c18-17(19,20)13-4-3-5-14(12-13)22-10-8-21-9-11-24-16(25)15-6-1-2-7-23-15/h1-7,12,21-22H,8-11H2,(H,24,25). The highest BCUT2D eigenvalue weighted by atomic mass is 19.4. The maximum Gasteiger partial charge on any atom is 0.416 e. The lowest BCUT2D eigenvalue weighted by Crippen LogP contribution is -2.34. The van der Waals surface area contributed by atoms with E-state index in [0.717, 1.165) is 12.1 Å². The molecule has 0 bridgehead atoms. The van der Waals surface area contributed by atoms with Crippen LogP contribution >= 0.6 is 0 Å². The monoisotopic (exact) mass is 352 g/mol. The number of hydrogen-bond donors (Lipinski definition) is 3. The van der Waals surface area contributed by atoms with E-state index in [2.05, 4.69) is 20.9 Å². The molecule has 2 aromatic rings. The van der Waals surface area contributed by atoms with Gasteiger partial charge in [0.15, 0.2) is 0 Å². The van der Waals surface area contributed by atoms with Crippen LogP contribution < -0.4 is 16.0 Å². The molecule has 0 saturated heterocycles. The summed E-state index contributed by atoms with van der Waals surface area (Å²) < 4.78 is 37.8. The Morgan fingerprint density at radius 3 is 2.52 bits per heavy atom. The molecule has 0 aliphatic rings. The number of hydrogen-bond acceptors (Lipinski definition) is 4. The first-order valence-electron chi connectivity index (χ1n) is 7.78. The molecule has 1 amide bonds. The van der Waals surface area contributed by atoms with Gasteiger partial charge in [-0.15, -0.1) is 0 Å². The smallest absolute Gasteiger partial charge is 0.384 e. The molecular formula is C17H19F3N4O. The third kappa shape index (κ3) is 6.42. The summed E-state index contributed by atoms with van der Waals surface area (Å²) in [6.07, 6.45) is -2.80. The summed E-state index contributed by atoms with van der Waals surface area (Å²) in [5.41, 5.74) is 0.0940. The summed E-state index contributed by atoms with van der Waals surface area (Å²) in [7, 11) is 0. The topological polar surface area (TPSA) is 66.1 Å². The average Bonchev–Trinajstić information content (AvgIpc) is 2.61. The highest BCUT2D eigenvalue weighted by molar-refractivity contribution is 5.92. The Bertz CT molecular complexity index is 677. The van der Waals surface area contributed by atoms with Crippen molar-refractivity contribution in [3.63, 3.8) is 0 Å². The van der Waals surface area contributed by atoms with E-state index in [1.807, 2.05) is 0 Å². The molecule has 0 saturated carbocycles. The van der Waals surface area contributed by atoms with Crippen LogP contribution in [0.25, 0.3) is 0 Å². The number of nitrogens with zero attached hydrogens (tertiary/aromatic N) is 1. The number of anilines is 1. The van der Waals surface area contributed by atoms with Crippen molar-refractivity contribution >= 4 is 11.6 Å². The van der Waals surface area contributed by atoms with Gasteiger partial charge in [-0.05, 0) is 30.3 Å². The number of benzene rings is 1. The molecule has 25 heavy (non-hydrogen) atoms. The second kappa shape index (κ2) is 9.03. The number of rotatable bonds is 8. The summed E-state index contributed by atoms with van der Waals surface area (Å²) in [5, 5.41) is 8.73. The number of carbonyl (C=O) groups excluding carboxylic acids is 1. The largest absolute Gasteiger partial charge is 0.416 e. The molecule has 1 aromatic heterocycles. The van der Waals surface area contributed by atoms with Crippen LogP contribution in [-0.2, 0) is 6.18 Å². The van der Waals surface area contributed by atoms with E-state index in [1.165, 1.54) is 6.07 Å². The number of carbonyl (C=O) groups is 1. The summed E-state index contributed by atoms with van der Waals surface area (Å²) in [6, 6.07) is 10.2. The number of alkyl halides is 3. The van der Waals surface area contributed by atoms with Crippen molar-refractivity contribution in [2.45, 2.75) is 6.18 Å². The lowest BCUT2D eigenvalue weighted by atomic mass is 10.2. The normalized spacial score (nSPS) is 11.2. The highest BCUT2D eigenvalue weighted by Gasteiger charge is 2.30. The fourth-order valence-electron chi connectivity index (χ4n) is 2.08. The van der Waals surface area contributed by atoms with Gasteiger partial charge in [0.25, 0.3) is 5.91 Å². The number of nitrogens with one attached hydrogen (secondary N) is 3. The van der Waals surface area contributed by atoms with Crippen LogP contribution in [0.5, 0.6) is 0 Å². The molecule has 5 nitrogen and oxygen atoms in total. The Morgan fingerprint density at radius 1 is 1.00 bits per heavy atom. The van der Waals surface area contributed by atoms with Gasteiger partial charge in [0, 0.05) is 38.1 Å². The molecule has 134 valence electrons. The van der Waals surface area contributed by atoms with Crippen molar-refractivity contribution in [1.82, 2.24) is 15.6 Å². The number of amides is 1. The minimum absolute atomic E-state index is 0.246. The number of halogens is 3. The predicted octanol–water partition coefficient (Wildman–Crippen LogP) is 2.53.